The standard InChI is InChI=1S/C9H13BrClNO3S2/c1-6(2)15-4-3-12-17(13,14)8-5-7(11)9(10)16-8/h5-6,12H,3-4H2,1-2H3. The van der Waals surface area contributed by atoms with Crippen LogP contribution < -0.4 is 4.72 Å². The normalized spacial score (nSPS) is 12.3. The van der Waals surface area contributed by atoms with Crippen LogP contribution in [0.5, 0.6) is 0 Å². The minimum Gasteiger partial charge on any atom is -0.377 e. The zero-order chi connectivity index (χ0) is 13.1. The van der Waals surface area contributed by atoms with Gasteiger partial charge in [-0.25, -0.2) is 13.1 Å². The van der Waals surface area contributed by atoms with Crippen molar-refractivity contribution >= 4 is 48.9 Å². The molecule has 17 heavy (non-hydrogen) atoms. The van der Waals surface area contributed by atoms with E-state index in [4.69, 9.17) is 16.3 Å². The van der Waals surface area contributed by atoms with E-state index in [2.05, 4.69) is 20.7 Å². The molecule has 1 heterocycles. The summed E-state index contributed by atoms with van der Waals surface area (Å²) >= 11 is 10.0. The van der Waals surface area contributed by atoms with E-state index in [1.807, 2.05) is 13.8 Å². The minimum absolute atomic E-state index is 0.0878. The first-order valence-electron chi connectivity index (χ1n) is 4.89. The van der Waals surface area contributed by atoms with Gasteiger partial charge in [-0.15, -0.1) is 11.3 Å². The number of hydrogen-bond donors (Lipinski definition) is 1. The van der Waals surface area contributed by atoms with Gasteiger partial charge >= 0.3 is 0 Å². The molecule has 4 nitrogen and oxygen atoms in total. The fourth-order valence-electron chi connectivity index (χ4n) is 1.00. The molecule has 0 aliphatic rings. The third kappa shape index (κ3) is 4.84. The van der Waals surface area contributed by atoms with Crippen molar-refractivity contribution in [2.75, 3.05) is 13.2 Å². The second kappa shape index (κ2) is 6.49. The first-order valence-corrected chi connectivity index (χ1v) is 8.36. The molecule has 0 spiro atoms. The molecule has 1 rings (SSSR count). The fraction of sp³-hybridized carbons (Fsp3) is 0.556. The van der Waals surface area contributed by atoms with Crippen molar-refractivity contribution in [2.24, 2.45) is 0 Å². The Balaban J connectivity index is 2.57. The van der Waals surface area contributed by atoms with Crippen molar-refractivity contribution in [2.45, 2.75) is 24.2 Å². The Morgan fingerprint density at radius 3 is 2.71 bits per heavy atom. The average Bonchev–Trinajstić information content (AvgIpc) is 2.55. The Morgan fingerprint density at radius 1 is 1.59 bits per heavy atom. The number of nitrogens with one attached hydrogen (secondary N) is 1. The Labute approximate surface area is 118 Å². The highest BCUT2D eigenvalue weighted by Crippen LogP contribution is 2.34. The van der Waals surface area contributed by atoms with Gasteiger partial charge in [-0.05, 0) is 35.8 Å². The van der Waals surface area contributed by atoms with Gasteiger partial charge in [0.15, 0.2) is 0 Å². The molecule has 1 aromatic heterocycles. The third-order valence-corrected chi connectivity index (χ3v) is 6.14. The molecule has 0 bridgehead atoms. The lowest BCUT2D eigenvalue weighted by atomic mass is 10.5. The van der Waals surface area contributed by atoms with Crippen molar-refractivity contribution in [3.8, 4) is 0 Å². The summed E-state index contributed by atoms with van der Waals surface area (Å²) in [4.78, 5) is 0. The van der Waals surface area contributed by atoms with Crippen molar-refractivity contribution < 1.29 is 13.2 Å². The van der Waals surface area contributed by atoms with Crippen molar-refractivity contribution in [3.63, 3.8) is 0 Å². The quantitative estimate of drug-likeness (QED) is 0.792. The largest absolute Gasteiger partial charge is 0.377 e. The van der Waals surface area contributed by atoms with Gasteiger partial charge in [-0.3, -0.25) is 0 Å². The van der Waals surface area contributed by atoms with Gasteiger partial charge in [0.25, 0.3) is 0 Å². The van der Waals surface area contributed by atoms with Crippen LogP contribution in [0.25, 0.3) is 0 Å². The van der Waals surface area contributed by atoms with Crippen molar-refractivity contribution in [1.82, 2.24) is 4.72 Å². The van der Waals surface area contributed by atoms with E-state index in [0.29, 0.717) is 15.4 Å². The second-order valence-electron chi connectivity index (χ2n) is 3.50. The molecular formula is C9H13BrClNO3S2. The summed E-state index contributed by atoms with van der Waals surface area (Å²) < 4.78 is 32.1. The van der Waals surface area contributed by atoms with Crippen LogP contribution in [-0.2, 0) is 14.8 Å². The Kier molecular flexibility index (Phi) is 5.88. The van der Waals surface area contributed by atoms with E-state index in [0.717, 1.165) is 11.3 Å². The predicted molar refractivity (Wildman–Crippen MR) is 73.3 cm³/mol. The van der Waals surface area contributed by atoms with Gasteiger partial charge in [-0.1, -0.05) is 11.6 Å². The molecular weight excluding hydrogens is 350 g/mol. The highest BCUT2D eigenvalue weighted by molar-refractivity contribution is 9.11. The summed E-state index contributed by atoms with van der Waals surface area (Å²) in [6, 6.07) is 1.42. The molecule has 98 valence electrons. The van der Waals surface area contributed by atoms with Crippen LogP contribution >= 0.6 is 38.9 Å². The number of hydrogen-bond acceptors (Lipinski definition) is 4. The molecule has 0 amide bonds. The van der Waals surface area contributed by atoms with E-state index in [9.17, 15) is 8.42 Å². The number of rotatable bonds is 6. The summed E-state index contributed by atoms with van der Waals surface area (Å²) in [6.07, 6.45) is 0.0878. The van der Waals surface area contributed by atoms with Gasteiger partial charge in [0, 0.05) is 6.54 Å². The molecule has 0 aromatic carbocycles. The van der Waals surface area contributed by atoms with Crippen LogP contribution in [0.4, 0.5) is 0 Å². The lowest BCUT2D eigenvalue weighted by Crippen LogP contribution is -2.27. The van der Waals surface area contributed by atoms with Crippen LogP contribution in [0.1, 0.15) is 13.8 Å². The second-order valence-corrected chi connectivity index (χ2v) is 8.28. The maximum absolute atomic E-state index is 11.8. The average molecular weight is 363 g/mol. The molecule has 8 heteroatoms. The smallest absolute Gasteiger partial charge is 0.250 e. The number of thiophene rings is 1. The summed E-state index contributed by atoms with van der Waals surface area (Å²) in [6.45, 7) is 4.38. The van der Waals surface area contributed by atoms with E-state index in [1.54, 1.807) is 0 Å². The zero-order valence-electron chi connectivity index (χ0n) is 9.37. The molecule has 1 N–H and O–H groups in total. The topological polar surface area (TPSA) is 55.4 Å². The van der Waals surface area contributed by atoms with E-state index in [-0.39, 0.29) is 16.9 Å². The van der Waals surface area contributed by atoms with Gasteiger partial charge in [0.1, 0.15) is 4.21 Å². The summed E-state index contributed by atoms with van der Waals surface area (Å²) in [5.74, 6) is 0. The lowest BCUT2D eigenvalue weighted by Gasteiger charge is -2.08. The van der Waals surface area contributed by atoms with Crippen LogP contribution in [0.3, 0.4) is 0 Å². The van der Waals surface area contributed by atoms with Crippen molar-refractivity contribution in [3.05, 3.63) is 14.9 Å². The molecule has 0 radical (unpaired) electrons. The zero-order valence-corrected chi connectivity index (χ0v) is 13.3. The van der Waals surface area contributed by atoms with Crippen LogP contribution in [0.15, 0.2) is 14.1 Å². The fourth-order valence-corrected chi connectivity index (χ4v) is 4.46. The van der Waals surface area contributed by atoms with E-state index < -0.39 is 10.0 Å². The molecule has 0 unspecified atom stereocenters. The minimum atomic E-state index is -3.49. The van der Waals surface area contributed by atoms with Crippen molar-refractivity contribution in [1.29, 1.82) is 0 Å². The van der Waals surface area contributed by atoms with Crippen LogP contribution in [0, 0.1) is 0 Å². The Hall–Kier alpha value is 0.340. The summed E-state index contributed by atoms with van der Waals surface area (Å²) in [5, 5.41) is 0.397. The highest BCUT2D eigenvalue weighted by Gasteiger charge is 2.18. The molecule has 0 saturated heterocycles. The SMILES string of the molecule is CC(C)OCCNS(=O)(=O)c1cc(Cl)c(Br)s1. The molecule has 0 saturated carbocycles. The maximum Gasteiger partial charge on any atom is 0.250 e. The summed E-state index contributed by atoms with van der Waals surface area (Å²) in [7, 11) is -3.49. The third-order valence-electron chi connectivity index (χ3n) is 1.73. The number of sulfonamides is 1. The van der Waals surface area contributed by atoms with Gasteiger partial charge in [0.2, 0.25) is 10.0 Å². The summed E-state index contributed by atoms with van der Waals surface area (Å²) in [5.41, 5.74) is 0. The van der Waals surface area contributed by atoms with E-state index in [1.165, 1.54) is 6.07 Å². The predicted octanol–water partition coefficient (Wildman–Crippen LogP) is 2.87. The lowest BCUT2D eigenvalue weighted by molar-refractivity contribution is 0.0834. The Bertz CT molecular complexity index is 453. The number of halogens is 2. The van der Waals surface area contributed by atoms with E-state index >= 15 is 0 Å². The maximum atomic E-state index is 11.8. The first kappa shape index (κ1) is 15.4. The molecule has 0 aliphatic heterocycles. The molecule has 0 atom stereocenters. The molecule has 1 aromatic rings. The number of ether oxygens (including phenoxy) is 1. The van der Waals surface area contributed by atoms with Gasteiger partial charge in [0.05, 0.1) is 21.5 Å². The molecule has 0 fully saturated rings. The van der Waals surface area contributed by atoms with Gasteiger partial charge < -0.3 is 4.74 Å². The monoisotopic (exact) mass is 361 g/mol. The highest BCUT2D eigenvalue weighted by atomic mass is 79.9. The molecule has 0 aliphatic carbocycles. The van der Waals surface area contributed by atoms with Gasteiger partial charge in [-0.2, -0.15) is 0 Å². The van der Waals surface area contributed by atoms with Crippen LogP contribution in [-0.4, -0.2) is 27.7 Å². The van der Waals surface area contributed by atoms with Crippen LogP contribution in [0.2, 0.25) is 5.02 Å². The first-order chi connectivity index (χ1) is 7.83. The Morgan fingerprint density at radius 2 is 2.24 bits per heavy atom.